The molecule has 0 atom stereocenters. The Morgan fingerprint density at radius 2 is 1.30 bits per heavy atom. The van der Waals surface area contributed by atoms with Crippen LogP contribution in [0.5, 0.6) is 11.5 Å². The summed E-state index contributed by atoms with van der Waals surface area (Å²) in [6.45, 7) is 4.59. The zero-order valence-electron chi connectivity index (χ0n) is 23.8. The van der Waals surface area contributed by atoms with E-state index in [1.54, 1.807) is 0 Å². The van der Waals surface area contributed by atoms with E-state index >= 15 is 0 Å². The van der Waals surface area contributed by atoms with Crippen LogP contribution < -0.4 is 9.64 Å². The molecule has 1 aliphatic carbocycles. The van der Waals surface area contributed by atoms with E-state index in [1.807, 2.05) is 36.4 Å². The van der Waals surface area contributed by atoms with Crippen molar-refractivity contribution in [2.24, 2.45) is 0 Å². The Morgan fingerprint density at radius 3 is 2.19 bits per heavy atom. The van der Waals surface area contributed by atoms with Gasteiger partial charge in [0.1, 0.15) is 5.82 Å². The minimum atomic E-state index is -0.252. The average Bonchev–Trinajstić information content (AvgIpc) is 3.48. The molecule has 0 fully saturated rings. The van der Waals surface area contributed by atoms with Gasteiger partial charge in [-0.05, 0) is 95.1 Å². The van der Waals surface area contributed by atoms with E-state index in [9.17, 15) is 4.39 Å². The van der Waals surface area contributed by atoms with E-state index in [0.29, 0.717) is 0 Å². The molecule has 0 radical (unpaired) electrons. The molecule has 6 aromatic carbocycles. The summed E-state index contributed by atoms with van der Waals surface area (Å²) in [7, 11) is 0. The van der Waals surface area contributed by atoms with E-state index in [-0.39, 0.29) is 11.2 Å². The van der Waals surface area contributed by atoms with Crippen molar-refractivity contribution in [3.63, 3.8) is 0 Å². The summed E-state index contributed by atoms with van der Waals surface area (Å²) in [5.41, 5.74) is 11.2. The number of nitrogens with zero attached hydrogens (tertiary/aromatic N) is 2. The lowest BCUT2D eigenvalue weighted by molar-refractivity contribution is 0.476. The Labute approximate surface area is 249 Å². The number of rotatable bonds is 3. The Balaban J connectivity index is 1.28. The lowest BCUT2D eigenvalue weighted by atomic mass is 9.82. The van der Waals surface area contributed by atoms with Crippen LogP contribution in [0.25, 0.3) is 38.6 Å². The first-order chi connectivity index (χ1) is 21.0. The molecule has 0 saturated carbocycles. The van der Waals surface area contributed by atoms with Crippen molar-refractivity contribution in [1.29, 1.82) is 0 Å². The van der Waals surface area contributed by atoms with E-state index in [1.165, 1.54) is 34.4 Å². The monoisotopic (exact) mass is 558 g/mol. The number of anilines is 3. The van der Waals surface area contributed by atoms with Gasteiger partial charge in [0.2, 0.25) is 0 Å². The molecule has 2 heterocycles. The van der Waals surface area contributed by atoms with Crippen LogP contribution in [0, 0.1) is 5.82 Å². The summed E-state index contributed by atoms with van der Waals surface area (Å²) in [6.07, 6.45) is 0. The van der Waals surface area contributed by atoms with Gasteiger partial charge in [0.25, 0.3) is 0 Å². The molecule has 0 N–H and O–H groups in total. The van der Waals surface area contributed by atoms with Crippen LogP contribution in [-0.2, 0) is 5.41 Å². The lowest BCUT2D eigenvalue weighted by Crippen LogP contribution is -2.16. The van der Waals surface area contributed by atoms with Crippen LogP contribution in [0.2, 0.25) is 0 Å². The van der Waals surface area contributed by atoms with Gasteiger partial charge in [-0.25, -0.2) is 4.39 Å². The summed E-state index contributed by atoms with van der Waals surface area (Å²) < 4.78 is 22.8. The fraction of sp³-hybridized carbons (Fsp3) is 0.0769. The largest absolute Gasteiger partial charge is 0.453 e. The highest BCUT2D eigenvalue weighted by atomic mass is 19.1. The van der Waals surface area contributed by atoms with Crippen LogP contribution in [-0.4, -0.2) is 4.57 Å². The molecule has 0 bridgehead atoms. The molecule has 7 aromatic rings. The van der Waals surface area contributed by atoms with Gasteiger partial charge in [-0.15, -0.1) is 0 Å². The Kier molecular flexibility index (Phi) is 4.85. The molecule has 206 valence electrons. The first-order valence-corrected chi connectivity index (χ1v) is 14.6. The topological polar surface area (TPSA) is 17.4 Å². The summed E-state index contributed by atoms with van der Waals surface area (Å²) in [4.78, 5) is 2.23. The normalized spacial score (nSPS) is 13.8. The van der Waals surface area contributed by atoms with E-state index in [0.717, 1.165) is 56.1 Å². The number of benzene rings is 6. The average molecular weight is 559 g/mol. The second-order valence-electron chi connectivity index (χ2n) is 12.0. The highest BCUT2D eigenvalue weighted by molar-refractivity contribution is 6.13. The third-order valence-corrected chi connectivity index (χ3v) is 9.23. The maximum atomic E-state index is 14.1. The van der Waals surface area contributed by atoms with Gasteiger partial charge in [0, 0.05) is 33.2 Å². The van der Waals surface area contributed by atoms with Crippen molar-refractivity contribution < 1.29 is 9.13 Å². The van der Waals surface area contributed by atoms with Crippen molar-refractivity contribution in [2.75, 3.05) is 4.90 Å². The second kappa shape index (κ2) is 8.59. The molecule has 0 saturated heterocycles. The number of fused-ring (bicyclic) bond motifs is 8. The van der Waals surface area contributed by atoms with Crippen molar-refractivity contribution in [2.45, 2.75) is 19.3 Å². The van der Waals surface area contributed by atoms with Gasteiger partial charge in [-0.2, -0.15) is 0 Å². The molecule has 43 heavy (non-hydrogen) atoms. The molecular weight excluding hydrogens is 531 g/mol. The van der Waals surface area contributed by atoms with E-state index < -0.39 is 0 Å². The first-order valence-electron chi connectivity index (χ1n) is 14.6. The van der Waals surface area contributed by atoms with Crippen molar-refractivity contribution in [1.82, 2.24) is 4.57 Å². The maximum absolute atomic E-state index is 14.1. The lowest BCUT2D eigenvalue weighted by Gasteiger charge is -2.28. The fourth-order valence-electron chi connectivity index (χ4n) is 7.21. The number of hydrogen-bond acceptors (Lipinski definition) is 2. The van der Waals surface area contributed by atoms with Crippen LogP contribution >= 0.6 is 0 Å². The highest BCUT2D eigenvalue weighted by Crippen LogP contribution is 2.51. The SMILES string of the molecule is CC1(C)c2ccccc2-c2ccc(N(c3ccc(F)cc3)c3ccc4c(c3)c3cccc5c3n4-c3ccccc3O5)cc21. The molecule has 0 unspecified atom stereocenters. The standard InChI is InChI=1S/C39H27FN2O/c1-39(2)32-10-4-3-8-28(32)29-20-18-27(23-33(29)39)41(25-16-14-24(40)15-17-25)26-19-21-34-31(22-26)30-9-7-13-37-38(30)42(34)35-11-5-6-12-36(35)43-37/h3-23H,1-2H3. The summed E-state index contributed by atoms with van der Waals surface area (Å²) in [5.74, 6) is 1.45. The molecule has 1 aromatic heterocycles. The quantitative estimate of drug-likeness (QED) is 0.215. The third-order valence-electron chi connectivity index (χ3n) is 9.23. The molecule has 4 heteroatoms. The number of ether oxygens (including phenoxy) is 1. The zero-order chi connectivity index (χ0) is 28.9. The van der Waals surface area contributed by atoms with Crippen LogP contribution in [0.15, 0.2) is 127 Å². The second-order valence-corrected chi connectivity index (χ2v) is 12.0. The molecular formula is C39H27FN2O. The smallest absolute Gasteiger partial charge is 0.152 e. The van der Waals surface area contributed by atoms with Gasteiger partial charge >= 0.3 is 0 Å². The summed E-state index contributed by atoms with van der Waals surface area (Å²) in [6, 6.07) is 43.2. The maximum Gasteiger partial charge on any atom is 0.152 e. The van der Waals surface area contributed by atoms with Crippen LogP contribution in [0.3, 0.4) is 0 Å². The van der Waals surface area contributed by atoms with E-state index in [2.05, 4.69) is 102 Å². The number of aromatic nitrogens is 1. The zero-order valence-corrected chi connectivity index (χ0v) is 23.8. The number of para-hydroxylation sites is 3. The van der Waals surface area contributed by atoms with Crippen molar-refractivity contribution in [3.05, 3.63) is 144 Å². The van der Waals surface area contributed by atoms with Gasteiger partial charge in [0.05, 0.1) is 16.7 Å². The Hall–Kier alpha value is -5.35. The summed E-state index contributed by atoms with van der Waals surface area (Å²) >= 11 is 0. The molecule has 0 spiro atoms. The number of hydrogen-bond donors (Lipinski definition) is 0. The Bertz CT molecular complexity index is 2260. The van der Waals surface area contributed by atoms with Gasteiger partial charge in [-0.3, -0.25) is 0 Å². The number of halogens is 1. The van der Waals surface area contributed by atoms with Crippen molar-refractivity contribution >= 4 is 38.9 Å². The van der Waals surface area contributed by atoms with E-state index in [4.69, 9.17) is 4.74 Å². The molecule has 2 aliphatic rings. The van der Waals surface area contributed by atoms with Crippen LogP contribution in [0.1, 0.15) is 25.0 Å². The summed E-state index contributed by atoms with van der Waals surface area (Å²) in [5, 5.41) is 2.27. The van der Waals surface area contributed by atoms with Gasteiger partial charge < -0.3 is 14.2 Å². The van der Waals surface area contributed by atoms with Gasteiger partial charge in [0.15, 0.2) is 11.5 Å². The Morgan fingerprint density at radius 1 is 0.605 bits per heavy atom. The highest BCUT2D eigenvalue weighted by Gasteiger charge is 2.35. The fourth-order valence-corrected chi connectivity index (χ4v) is 7.21. The molecule has 0 amide bonds. The molecule has 3 nitrogen and oxygen atoms in total. The minimum Gasteiger partial charge on any atom is -0.453 e. The molecule has 1 aliphatic heterocycles. The van der Waals surface area contributed by atoms with Crippen molar-refractivity contribution in [3.8, 4) is 28.3 Å². The first kappa shape index (κ1) is 24.3. The van der Waals surface area contributed by atoms with Crippen LogP contribution in [0.4, 0.5) is 21.5 Å². The predicted molar refractivity (Wildman–Crippen MR) is 173 cm³/mol. The van der Waals surface area contributed by atoms with Gasteiger partial charge in [-0.1, -0.05) is 68.4 Å². The molecule has 9 rings (SSSR count). The third kappa shape index (κ3) is 3.35. The minimum absolute atomic E-state index is 0.132. The predicted octanol–water partition coefficient (Wildman–Crippen LogP) is 10.8.